The molecule has 110 valence electrons. The van der Waals surface area contributed by atoms with Crippen LogP contribution in [0, 0.1) is 5.41 Å². The molecule has 1 aliphatic heterocycles. The van der Waals surface area contributed by atoms with E-state index in [0.717, 1.165) is 17.9 Å². The van der Waals surface area contributed by atoms with Crippen LogP contribution in [0.3, 0.4) is 0 Å². The first kappa shape index (κ1) is 15.5. The molecule has 1 fully saturated rings. The van der Waals surface area contributed by atoms with E-state index in [1.165, 1.54) is 7.11 Å². The highest BCUT2D eigenvalue weighted by Crippen LogP contribution is 2.45. The summed E-state index contributed by atoms with van der Waals surface area (Å²) in [6.45, 7) is 4.21. The molecular weight excluding hydrogens is 294 g/mol. The van der Waals surface area contributed by atoms with Gasteiger partial charge in [-0.3, -0.25) is 0 Å². The van der Waals surface area contributed by atoms with Crippen LogP contribution in [0.15, 0.2) is 24.3 Å². The maximum Gasteiger partial charge on any atom is 0.332 e. The van der Waals surface area contributed by atoms with Gasteiger partial charge < -0.3 is 10.1 Å². The van der Waals surface area contributed by atoms with Crippen molar-refractivity contribution >= 4 is 35.0 Å². The van der Waals surface area contributed by atoms with Crippen molar-refractivity contribution in [3.05, 3.63) is 29.3 Å². The second-order valence-corrected chi connectivity index (χ2v) is 7.20. The Morgan fingerprint density at radius 3 is 2.70 bits per heavy atom. The summed E-state index contributed by atoms with van der Waals surface area (Å²) in [4.78, 5) is 12.5. The first-order valence-electron chi connectivity index (χ1n) is 6.62. The van der Waals surface area contributed by atoms with Gasteiger partial charge in [0.1, 0.15) is 5.54 Å². The molecule has 2 rings (SSSR count). The van der Waals surface area contributed by atoms with Gasteiger partial charge in [0, 0.05) is 11.2 Å². The second-order valence-electron chi connectivity index (χ2n) is 5.69. The molecule has 0 aliphatic carbocycles. The first-order valence-corrected chi connectivity index (χ1v) is 8.15. The van der Waals surface area contributed by atoms with E-state index < -0.39 is 5.54 Å². The van der Waals surface area contributed by atoms with E-state index in [-0.39, 0.29) is 11.4 Å². The largest absolute Gasteiger partial charge is 0.467 e. The molecule has 1 heterocycles. The molecule has 20 heavy (non-hydrogen) atoms. The molecule has 0 amide bonds. The van der Waals surface area contributed by atoms with E-state index >= 15 is 0 Å². The number of benzene rings is 1. The number of hydrogen-bond donors (Lipinski definition) is 1. The fourth-order valence-electron chi connectivity index (χ4n) is 2.52. The van der Waals surface area contributed by atoms with Crippen LogP contribution in [0.25, 0.3) is 0 Å². The Labute approximate surface area is 129 Å². The highest BCUT2D eigenvalue weighted by molar-refractivity contribution is 7.99. The van der Waals surface area contributed by atoms with Crippen molar-refractivity contribution in [1.82, 2.24) is 0 Å². The molecule has 0 bridgehead atoms. The SMILES string of the molecule is COC(=O)C1(Nc2ccccc2Cl)CSCCC1(C)C. The normalized spacial score (nSPS) is 25.0. The maximum absolute atomic E-state index is 12.5. The molecule has 1 unspecified atom stereocenters. The average Bonchev–Trinajstić information content (AvgIpc) is 2.42. The molecule has 1 atom stereocenters. The van der Waals surface area contributed by atoms with Crippen molar-refractivity contribution in [3.63, 3.8) is 0 Å². The summed E-state index contributed by atoms with van der Waals surface area (Å²) < 4.78 is 5.08. The lowest BCUT2D eigenvalue weighted by molar-refractivity contribution is -0.149. The van der Waals surface area contributed by atoms with Crippen molar-refractivity contribution in [2.45, 2.75) is 25.8 Å². The minimum Gasteiger partial charge on any atom is -0.467 e. The van der Waals surface area contributed by atoms with Gasteiger partial charge in [0.2, 0.25) is 0 Å². The molecule has 1 aliphatic rings. The Bertz CT molecular complexity index is 506. The van der Waals surface area contributed by atoms with Crippen molar-refractivity contribution in [2.24, 2.45) is 5.41 Å². The number of carbonyl (C=O) groups is 1. The highest BCUT2D eigenvalue weighted by atomic mass is 35.5. The molecule has 0 saturated carbocycles. The van der Waals surface area contributed by atoms with Gasteiger partial charge in [-0.15, -0.1) is 0 Å². The van der Waals surface area contributed by atoms with Crippen LogP contribution in [0.4, 0.5) is 5.69 Å². The molecule has 1 aromatic carbocycles. The van der Waals surface area contributed by atoms with Gasteiger partial charge in [-0.1, -0.05) is 37.6 Å². The van der Waals surface area contributed by atoms with Crippen molar-refractivity contribution in [2.75, 3.05) is 23.9 Å². The van der Waals surface area contributed by atoms with E-state index in [2.05, 4.69) is 19.2 Å². The van der Waals surface area contributed by atoms with E-state index in [1.54, 1.807) is 11.8 Å². The Balaban J connectivity index is 2.43. The van der Waals surface area contributed by atoms with Gasteiger partial charge >= 0.3 is 5.97 Å². The second kappa shape index (κ2) is 5.86. The standard InChI is InChI=1S/C15H20ClNO2S/c1-14(2)8-9-20-10-15(14,13(18)19-3)17-12-7-5-4-6-11(12)16/h4-7,17H,8-10H2,1-3H3. The number of thioether (sulfide) groups is 1. The monoisotopic (exact) mass is 313 g/mol. The Kier molecular flexibility index (Phi) is 4.55. The zero-order valence-corrected chi connectivity index (χ0v) is 13.6. The summed E-state index contributed by atoms with van der Waals surface area (Å²) >= 11 is 7.99. The maximum atomic E-state index is 12.5. The Hall–Kier alpha value is -0.870. The predicted molar refractivity (Wildman–Crippen MR) is 85.5 cm³/mol. The summed E-state index contributed by atoms with van der Waals surface area (Å²) in [6.07, 6.45) is 0.949. The highest BCUT2D eigenvalue weighted by Gasteiger charge is 2.54. The minimum atomic E-state index is -0.754. The molecule has 0 aromatic heterocycles. The van der Waals surface area contributed by atoms with Gasteiger partial charge in [0.05, 0.1) is 17.8 Å². The minimum absolute atomic E-state index is 0.204. The number of nitrogens with one attached hydrogen (secondary N) is 1. The Morgan fingerprint density at radius 2 is 2.10 bits per heavy atom. The van der Waals surface area contributed by atoms with E-state index in [1.807, 2.05) is 24.3 Å². The number of carbonyl (C=O) groups excluding carboxylic acids is 1. The van der Waals surface area contributed by atoms with Crippen LogP contribution in [0.2, 0.25) is 5.02 Å². The predicted octanol–water partition coefficient (Wildman–Crippen LogP) is 3.83. The third-order valence-corrected chi connectivity index (χ3v) is 5.56. The summed E-state index contributed by atoms with van der Waals surface area (Å²) in [5.74, 6) is 1.50. The van der Waals surface area contributed by atoms with E-state index in [4.69, 9.17) is 16.3 Å². The first-order chi connectivity index (χ1) is 9.43. The quantitative estimate of drug-likeness (QED) is 0.861. The van der Waals surface area contributed by atoms with Gasteiger partial charge in [0.15, 0.2) is 0 Å². The third-order valence-electron chi connectivity index (χ3n) is 4.10. The van der Waals surface area contributed by atoms with Gasteiger partial charge in [0.25, 0.3) is 0 Å². The molecule has 0 radical (unpaired) electrons. The molecule has 1 N–H and O–H groups in total. The molecule has 5 heteroatoms. The molecule has 0 spiro atoms. The van der Waals surface area contributed by atoms with Crippen LogP contribution >= 0.6 is 23.4 Å². The van der Waals surface area contributed by atoms with Gasteiger partial charge in [-0.05, 0) is 24.3 Å². The summed E-state index contributed by atoms with van der Waals surface area (Å²) in [5.41, 5.74) is -0.185. The zero-order chi connectivity index (χ0) is 14.8. The third kappa shape index (κ3) is 2.63. The van der Waals surface area contributed by atoms with Crippen LogP contribution in [-0.2, 0) is 9.53 Å². The van der Waals surface area contributed by atoms with Gasteiger partial charge in [-0.2, -0.15) is 11.8 Å². The molecular formula is C15H20ClNO2S. The summed E-state index contributed by atoms with van der Waals surface area (Å²) in [7, 11) is 1.44. The lowest BCUT2D eigenvalue weighted by Gasteiger charge is -2.48. The summed E-state index contributed by atoms with van der Waals surface area (Å²) in [6, 6.07) is 7.49. The zero-order valence-electron chi connectivity index (χ0n) is 12.0. The van der Waals surface area contributed by atoms with Crippen LogP contribution < -0.4 is 5.32 Å². The van der Waals surface area contributed by atoms with Crippen molar-refractivity contribution in [1.29, 1.82) is 0 Å². The Morgan fingerprint density at radius 1 is 1.40 bits per heavy atom. The van der Waals surface area contributed by atoms with Crippen molar-refractivity contribution < 1.29 is 9.53 Å². The smallest absolute Gasteiger partial charge is 0.332 e. The average molecular weight is 314 g/mol. The fraction of sp³-hybridized carbons (Fsp3) is 0.533. The number of halogens is 1. The number of anilines is 1. The van der Waals surface area contributed by atoms with Crippen molar-refractivity contribution in [3.8, 4) is 0 Å². The van der Waals surface area contributed by atoms with E-state index in [0.29, 0.717) is 10.8 Å². The molecule has 3 nitrogen and oxygen atoms in total. The lowest BCUT2D eigenvalue weighted by Crippen LogP contribution is -2.61. The van der Waals surface area contributed by atoms with E-state index in [9.17, 15) is 4.79 Å². The van der Waals surface area contributed by atoms with Crippen LogP contribution in [-0.4, -0.2) is 30.1 Å². The number of ether oxygens (including phenoxy) is 1. The number of rotatable bonds is 3. The number of esters is 1. The molecule has 1 saturated heterocycles. The summed E-state index contributed by atoms with van der Waals surface area (Å²) in [5, 5.41) is 3.99. The van der Waals surface area contributed by atoms with Crippen LogP contribution in [0.1, 0.15) is 20.3 Å². The van der Waals surface area contributed by atoms with Crippen LogP contribution in [0.5, 0.6) is 0 Å². The van der Waals surface area contributed by atoms with Gasteiger partial charge in [-0.25, -0.2) is 4.79 Å². The number of methoxy groups -OCH3 is 1. The fourth-order valence-corrected chi connectivity index (χ4v) is 4.39. The lowest BCUT2D eigenvalue weighted by atomic mass is 9.70. The molecule has 1 aromatic rings. The number of para-hydroxylation sites is 1. The number of hydrogen-bond acceptors (Lipinski definition) is 4. The topological polar surface area (TPSA) is 38.3 Å².